The third kappa shape index (κ3) is 7.06. The summed E-state index contributed by atoms with van der Waals surface area (Å²) >= 11 is 0. The first kappa shape index (κ1) is 15.8. The van der Waals surface area contributed by atoms with Crippen molar-refractivity contribution in [3.05, 3.63) is 60.7 Å². The summed E-state index contributed by atoms with van der Waals surface area (Å²) in [5.41, 5.74) is 2.55. The van der Waals surface area contributed by atoms with Crippen molar-refractivity contribution in [1.82, 2.24) is 0 Å². The number of hydrogen-bond donors (Lipinski definition) is 2. The van der Waals surface area contributed by atoms with Crippen LogP contribution in [-0.2, 0) is 13.4 Å². The van der Waals surface area contributed by atoms with Gasteiger partial charge in [0.2, 0.25) is 0 Å². The first-order chi connectivity index (χ1) is 9.09. The Hall–Kier alpha value is -1.22. The maximum Gasteiger partial charge on any atom is 0.323 e. The topological polar surface area (TPSA) is 83.8 Å². The van der Waals surface area contributed by atoms with Crippen LogP contribution in [0.4, 0.5) is 0 Å². The predicted molar refractivity (Wildman–Crippen MR) is 75.4 cm³/mol. The summed E-state index contributed by atoms with van der Waals surface area (Å²) in [7, 11) is -6.40. The van der Waals surface area contributed by atoms with Gasteiger partial charge in [0, 0.05) is 0 Å². The van der Waals surface area contributed by atoms with Crippen LogP contribution in [0, 0.1) is 0 Å². The van der Waals surface area contributed by atoms with E-state index in [9.17, 15) is 9.13 Å². The highest BCUT2D eigenvalue weighted by molar-refractivity contribution is 7.46. The van der Waals surface area contributed by atoms with Crippen LogP contribution in [-0.4, -0.2) is 9.79 Å². The molecule has 0 amide bonds. The van der Waals surface area contributed by atoms with Crippen LogP contribution in [0.2, 0.25) is 0 Å². The van der Waals surface area contributed by atoms with Gasteiger partial charge in [-0.1, -0.05) is 60.7 Å². The van der Waals surface area contributed by atoms with Gasteiger partial charge < -0.3 is 9.79 Å². The van der Waals surface area contributed by atoms with Gasteiger partial charge >= 0.3 is 16.5 Å². The van der Waals surface area contributed by atoms with Gasteiger partial charge in [0.05, 0.1) is 0 Å². The zero-order chi connectivity index (χ0) is 14.1. The fourth-order valence-electron chi connectivity index (χ4n) is 1.34. The molecule has 102 valence electrons. The molecule has 2 aromatic carbocycles. The summed E-state index contributed by atoms with van der Waals surface area (Å²) in [5.74, 6) is 0. The smallest absolute Gasteiger partial charge is 0.323 e. The van der Waals surface area contributed by atoms with E-state index in [4.69, 9.17) is 9.79 Å². The summed E-state index contributed by atoms with van der Waals surface area (Å²) in [6, 6.07) is 20.8. The van der Waals surface area contributed by atoms with Gasteiger partial charge in [-0.05, 0) is 11.1 Å². The fraction of sp³-hybridized carbons (Fsp3) is 0. The zero-order valence-corrected chi connectivity index (χ0v) is 11.9. The standard InChI is InChI=1S/C12H10.H4O5P2/c1-3-7-11(8-4-1)12-9-5-2-6-10-12;1-6(2)5-7(3)4/h1-10H;6-7H,(H,1,2)(H,3,4). The van der Waals surface area contributed by atoms with Crippen LogP contribution in [0.5, 0.6) is 0 Å². The molecule has 0 aliphatic heterocycles. The van der Waals surface area contributed by atoms with E-state index in [1.807, 2.05) is 12.1 Å². The van der Waals surface area contributed by atoms with Crippen LogP contribution < -0.4 is 0 Å². The lowest BCUT2D eigenvalue weighted by molar-refractivity contribution is 0.371. The van der Waals surface area contributed by atoms with E-state index < -0.39 is 16.5 Å². The average Bonchev–Trinajstić information content (AvgIpc) is 2.40. The molecule has 0 saturated carbocycles. The van der Waals surface area contributed by atoms with Crippen LogP contribution in [0.3, 0.4) is 0 Å². The van der Waals surface area contributed by atoms with Crippen molar-refractivity contribution < 1.29 is 23.2 Å². The highest BCUT2D eigenvalue weighted by Gasteiger charge is 1.93. The number of rotatable bonds is 3. The molecule has 2 aromatic rings. The Morgan fingerprint density at radius 2 is 1.00 bits per heavy atom. The van der Waals surface area contributed by atoms with Gasteiger partial charge in [-0.3, -0.25) is 9.13 Å². The van der Waals surface area contributed by atoms with E-state index in [0.29, 0.717) is 0 Å². The lowest BCUT2D eigenvalue weighted by Gasteiger charge is -1.98. The minimum absolute atomic E-state index is 1.28. The van der Waals surface area contributed by atoms with Crippen LogP contribution in [0.1, 0.15) is 0 Å². The minimum atomic E-state index is -3.20. The van der Waals surface area contributed by atoms with Crippen LogP contribution in [0.15, 0.2) is 60.7 Å². The van der Waals surface area contributed by atoms with Crippen molar-refractivity contribution in [2.24, 2.45) is 0 Å². The average molecular weight is 300 g/mol. The molecule has 0 aliphatic carbocycles. The first-order valence-electron chi connectivity index (χ1n) is 5.34. The Labute approximate surface area is 112 Å². The predicted octanol–water partition coefficient (Wildman–Crippen LogP) is 3.12. The Bertz CT molecular complexity index is 481. The Kier molecular flexibility index (Phi) is 7.34. The van der Waals surface area contributed by atoms with Gasteiger partial charge in [0.25, 0.3) is 0 Å². The lowest BCUT2D eigenvalue weighted by Crippen LogP contribution is -1.73. The minimum Gasteiger partial charge on any atom is -0.326 e. The zero-order valence-electron chi connectivity index (χ0n) is 9.89. The summed E-state index contributed by atoms with van der Waals surface area (Å²) in [5, 5.41) is 0. The molecule has 0 radical (unpaired) electrons. The van der Waals surface area contributed by atoms with Gasteiger partial charge in [0.1, 0.15) is 0 Å². The SMILES string of the molecule is O=[PH](O)O[PH](=O)O.c1ccc(-c2ccccc2)cc1. The second kappa shape index (κ2) is 8.81. The quantitative estimate of drug-likeness (QED) is 0.851. The number of hydrogen-bond acceptors (Lipinski definition) is 3. The van der Waals surface area contributed by atoms with E-state index in [2.05, 4.69) is 52.8 Å². The summed E-state index contributed by atoms with van der Waals surface area (Å²) in [4.78, 5) is 15.4. The molecule has 5 nitrogen and oxygen atoms in total. The molecular formula is C12H14O5P2. The molecule has 7 heteroatoms. The highest BCUT2D eigenvalue weighted by atomic mass is 31.2. The van der Waals surface area contributed by atoms with Crippen molar-refractivity contribution >= 4 is 16.5 Å². The largest absolute Gasteiger partial charge is 0.326 e. The molecule has 0 saturated heterocycles. The molecule has 0 fully saturated rings. The molecular weight excluding hydrogens is 286 g/mol. The maximum atomic E-state index is 9.44. The Balaban J connectivity index is 0.000000224. The third-order valence-electron chi connectivity index (χ3n) is 2.06. The van der Waals surface area contributed by atoms with Crippen molar-refractivity contribution in [2.45, 2.75) is 0 Å². The molecule has 0 spiro atoms. The van der Waals surface area contributed by atoms with Crippen LogP contribution >= 0.6 is 16.5 Å². The molecule has 0 aromatic heterocycles. The number of benzene rings is 2. The van der Waals surface area contributed by atoms with Crippen molar-refractivity contribution in [3.63, 3.8) is 0 Å². The lowest BCUT2D eigenvalue weighted by atomic mass is 10.1. The molecule has 0 bridgehead atoms. The Morgan fingerprint density at radius 1 is 0.684 bits per heavy atom. The van der Waals surface area contributed by atoms with E-state index in [0.717, 1.165) is 0 Å². The highest BCUT2D eigenvalue weighted by Crippen LogP contribution is 2.30. The second-order valence-electron chi connectivity index (χ2n) is 3.37. The Morgan fingerprint density at radius 3 is 1.21 bits per heavy atom. The van der Waals surface area contributed by atoms with Gasteiger partial charge in [-0.25, -0.2) is 4.31 Å². The molecule has 2 rings (SSSR count). The van der Waals surface area contributed by atoms with E-state index in [1.165, 1.54) is 11.1 Å². The molecule has 2 N–H and O–H groups in total. The molecule has 0 heterocycles. The van der Waals surface area contributed by atoms with Crippen molar-refractivity contribution in [1.29, 1.82) is 0 Å². The summed E-state index contributed by atoms with van der Waals surface area (Å²) in [6.07, 6.45) is 0. The fourth-order valence-corrected chi connectivity index (χ4v) is 1.93. The van der Waals surface area contributed by atoms with Gasteiger partial charge in [-0.15, -0.1) is 0 Å². The molecule has 19 heavy (non-hydrogen) atoms. The third-order valence-corrected chi connectivity index (χ3v) is 3.45. The summed E-state index contributed by atoms with van der Waals surface area (Å²) < 4.78 is 22.3. The van der Waals surface area contributed by atoms with Gasteiger partial charge in [-0.2, -0.15) is 0 Å². The van der Waals surface area contributed by atoms with Gasteiger partial charge in [0.15, 0.2) is 0 Å². The normalized spacial score (nSPS) is 12.9. The first-order valence-corrected chi connectivity index (χ1v) is 7.86. The van der Waals surface area contributed by atoms with E-state index in [-0.39, 0.29) is 0 Å². The van der Waals surface area contributed by atoms with Crippen LogP contribution in [0.25, 0.3) is 11.1 Å². The van der Waals surface area contributed by atoms with Crippen molar-refractivity contribution in [3.8, 4) is 11.1 Å². The van der Waals surface area contributed by atoms with E-state index >= 15 is 0 Å². The van der Waals surface area contributed by atoms with Crippen molar-refractivity contribution in [2.75, 3.05) is 0 Å². The molecule has 0 aliphatic rings. The molecule has 2 unspecified atom stereocenters. The maximum absolute atomic E-state index is 9.44. The second-order valence-corrected chi connectivity index (χ2v) is 5.25. The monoisotopic (exact) mass is 300 g/mol. The van der Waals surface area contributed by atoms with E-state index in [1.54, 1.807) is 0 Å². The molecule has 2 atom stereocenters. The summed E-state index contributed by atoms with van der Waals surface area (Å²) in [6.45, 7) is 0.